The van der Waals surface area contributed by atoms with Gasteiger partial charge in [-0.3, -0.25) is 4.98 Å². The Bertz CT molecular complexity index is 312. The summed E-state index contributed by atoms with van der Waals surface area (Å²) >= 11 is 5.86. The van der Waals surface area contributed by atoms with Crippen molar-refractivity contribution in [3.63, 3.8) is 0 Å². The van der Waals surface area contributed by atoms with Crippen LogP contribution in [0.4, 0.5) is 4.39 Å². The zero-order chi connectivity index (χ0) is 9.31. The van der Waals surface area contributed by atoms with Crippen LogP contribution in [0.2, 0.25) is 5.02 Å². The average Bonchev–Trinajstić information content (AvgIpc) is 2.06. The summed E-state index contributed by atoms with van der Waals surface area (Å²) in [4.78, 5) is 3.85. The first-order valence-electron chi connectivity index (χ1n) is 4.18. The number of halogens is 2. The predicted molar refractivity (Wildman–Crippen MR) is 49.7 cm³/mol. The van der Waals surface area contributed by atoms with Crippen molar-refractivity contribution in [2.45, 2.75) is 12.1 Å². The van der Waals surface area contributed by atoms with Crippen molar-refractivity contribution in [1.29, 1.82) is 0 Å². The van der Waals surface area contributed by atoms with Crippen molar-refractivity contribution in [3.8, 4) is 0 Å². The summed E-state index contributed by atoms with van der Waals surface area (Å²) in [6.45, 7) is 0.845. The van der Waals surface area contributed by atoms with E-state index in [-0.39, 0.29) is 0 Å². The molecule has 0 spiro atoms. The fourth-order valence-corrected chi connectivity index (χ4v) is 1.60. The highest BCUT2D eigenvalue weighted by molar-refractivity contribution is 6.31. The zero-order valence-corrected chi connectivity index (χ0v) is 7.81. The molecule has 0 amide bonds. The van der Waals surface area contributed by atoms with E-state index in [0.717, 1.165) is 5.56 Å². The first-order valence-corrected chi connectivity index (χ1v) is 4.55. The number of hydrogen-bond donors (Lipinski definition) is 1. The Hall–Kier alpha value is -0.670. The van der Waals surface area contributed by atoms with Gasteiger partial charge in [0.05, 0.1) is 5.02 Å². The van der Waals surface area contributed by atoms with E-state index in [9.17, 15) is 4.39 Å². The van der Waals surface area contributed by atoms with Gasteiger partial charge in [-0.25, -0.2) is 4.39 Å². The van der Waals surface area contributed by atoms with Gasteiger partial charge in [0.1, 0.15) is 5.67 Å². The van der Waals surface area contributed by atoms with Crippen molar-refractivity contribution in [1.82, 2.24) is 10.3 Å². The van der Waals surface area contributed by atoms with Crippen molar-refractivity contribution in [2.75, 3.05) is 13.1 Å². The Kier molecular flexibility index (Phi) is 2.22. The van der Waals surface area contributed by atoms with Crippen molar-refractivity contribution in [3.05, 3.63) is 29.0 Å². The summed E-state index contributed by atoms with van der Waals surface area (Å²) in [5, 5.41) is 3.46. The maximum absolute atomic E-state index is 13.6. The average molecular weight is 201 g/mol. The Balaban J connectivity index is 2.13. The molecule has 1 aliphatic heterocycles. The largest absolute Gasteiger partial charge is 0.310 e. The molecule has 0 unspecified atom stereocenters. The van der Waals surface area contributed by atoms with Crippen LogP contribution < -0.4 is 5.32 Å². The molecule has 13 heavy (non-hydrogen) atoms. The fraction of sp³-hybridized carbons (Fsp3) is 0.444. The standard InChI is InChI=1S/C9H10ClFN2/c10-8-4-12-2-1-7(8)3-9(11)5-13-6-9/h1-2,4,13H,3,5-6H2. The molecule has 1 aromatic rings. The maximum Gasteiger partial charge on any atom is 0.139 e. The van der Waals surface area contributed by atoms with E-state index in [2.05, 4.69) is 10.3 Å². The number of nitrogens with zero attached hydrogens (tertiary/aromatic N) is 1. The van der Waals surface area contributed by atoms with Crippen LogP contribution in [0.25, 0.3) is 0 Å². The minimum Gasteiger partial charge on any atom is -0.310 e. The van der Waals surface area contributed by atoms with Crippen LogP contribution in [0, 0.1) is 0 Å². The molecular formula is C9H10ClFN2. The normalized spacial score (nSPS) is 19.5. The maximum atomic E-state index is 13.6. The lowest BCUT2D eigenvalue weighted by Gasteiger charge is -2.35. The summed E-state index contributed by atoms with van der Waals surface area (Å²) < 4.78 is 13.6. The smallest absolute Gasteiger partial charge is 0.139 e. The Labute approximate surface area is 81.1 Å². The van der Waals surface area contributed by atoms with Crippen LogP contribution in [-0.4, -0.2) is 23.7 Å². The molecule has 1 N–H and O–H groups in total. The molecule has 1 aliphatic rings. The number of pyridine rings is 1. The highest BCUT2D eigenvalue weighted by Crippen LogP contribution is 2.25. The van der Waals surface area contributed by atoms with Gasteiger partial charge in [-0.2, -0.15) is 0 Å². The predicted octanol–water partition coefficient (Wildman–Crippen LogP) is 1.59. The third-order valence-electron chi connectivity index (χ3n) is 2.25. The lowest BCUT2D eigenvalue weighted by molar-refractivity contribution is 0.0912. The molecule has 1 fully saturated rings. The minimum atomic E-state index is -1.11. The third-order valence-corrected chi connectivity index (χ3v) is 2.59. The molecule has 0 saturated carbocycles. The number of alkyl halides is 1. The molecule has 0 aliphatic carbocycles. The van der Waals surface area contributed by atoms with Gasteiger partial charge < -0.3 is 5.32 Å². The summed E-state index contributed by atoms with van der Waals surface area (Å²) in [6, 6.07) is 1.77. The molecule has 4 heteroatoms. The molecule has 1 saturated heterocycles. The van der Waals surface area contributed by atoms with Gasteiger partial charge in [0, 0.05) is 31.9 Å². The van der Waals surface area contributed by atoms with Gasteiger partial charge in [-0.05, 0) is 11.6 Å². The van der Waals surface area contributed by atoms with E-state index in [1.165, 1.54) is 0 Å². The molecule has 2 rings (SSSR count). The first-order chi connectivity index (χ1) is 6.20. The second-order valence-electron chi connectivity index (χ2n) is 3.40. The topological polar surface area (TPSA) is 24.9 Å². The van der Waals surface area contributed by atoms with Gasteiger partial charge in [0.15, 0.2) is 0 Å². The molecule has 1 aromatic heterocycles. The second kappa shape index (κ2) is 3.24. The Morgan fingerprint density at radius 2 is 2.38 bits per heavy atom. The van der Waals surface area contributed by atoms with Crippen LogP contribution in [0.15, 0.2) is 18.5 Å². The van der Waals surface area contributed by atoms with E-state index in [1.54, 1.807) is 18.5 Å². The molecule has 2 heterocycles. The molecule has 0 aromatic carbocycles. The molecule has 70 valence electrons. The van der Waals surface area contributed by atoms with Gasteiger partial charge in [-0.15, -0.1) is 0 Å². The van der Waals surface area contributed by atoms with Gasteiger partial charge in [-0.1, -0.05) is 11.6 Å². The second-order valence-corrected chi connectivity index (χ2v) is 3.81. The van der Waals surface area contributed by atoms with E-state index in [0.29, 0.717) is 24.5 Å². The minimum absolute atomic E-state index is 0.376. The van der Waals surface area contributed by atoms with Gasteiger partial charge in [0.2, 0.25) is 0 Å². The SMILES string of the molecule is FC1(Cc2ccncc2Cl)CNC1. The van der Waals surface area contributed by atoms with Crippen LogP contribution >= 0.6 is 11.6 Å². The van der Waals surface area contributed by atoms with Gasteiger partial charge in [0.25, 0.3) is 0 Å². The van der Waals surface area contributed by atoms with Crippen LogP contribution in [-0.2, 0) is 6.42 Å². The van der Waals surface area contributed by atoms with Crippen LogP contribution in [0.5, 0.6) is 0 Å². The molecule has 2 nitrogen and oxygen atoms in total. The quantitative estimate of drug-likeness (QED) is 0.785. The van der Waals surface area contributed by atoms with E-state index in [1.807, 2.05) is 0 Å². The number of rotatable bonds is 2. The molecule has 0 radical (unpaired) electrons. The van der Waals surface area contributed by atoms with Crippen molar-refractivity contribution < 1.29 is 4.39 Å². The third kappa shape index (κ3) is 1.81. The van der Waals surface area contributed by atoms with Crippen molar-refractivity contribution in [2.24, 2.45) is 0 Å². The number of aromatic nitrogens is 1. The highest BCUT2D eigenvalue weighted by Gasteiger charge is 2.37. The lowest BCUT2D eigenvalue weighted by atomic mass is 9.91. The zero-order valence-electron chi connectivity index (χ0n) is 7.06. The summed E-state index contributed by atoms with van der Waals surface area (Å²) in [6.07, 6.45) is 3.56. The van der Waals surface area contributed by atoms with Crippen LogP contribution in [0.1, 0.15) is 5.56 Å². The Morgan fingerprint density at radius 3 is 2.92 bits per heavy atom. The monoisotopic (exact) mass is 200 g/mol. The number of hydrogen-bond acceptors (Lipinski definition) is 2. The number of nitrogens with one attached hydrogen (secondary N) is 1. The highest BCUT2D eigenvalue weighted by atomic mass is 35.5. The van der Waals surface area contributed by atoms with E-state index < -0.39 is 5.67 Å². The van der Waals surface area contributed by atoms with Crippen LogP contribution in [0.3, 0.4) is 0 Å². The summed E-state index contributed by atoms with van der Waals surface area (Å²) in [5.74, 6) is 0. The molecule has 0 bridgehead atoms. The summed E-state index contributed by atoms with van der Waals surface area (Å²) in [5.41, 5.74) is -0.272. The fourth-order valence-electron chi connectivity index (χ4n) is 1.41. The van der Waals surface area contributed by atoms with Gasteiger partial charge >= 0.3 is 0 Å². The van der Waals surface area contributed by atoms with E-state index >= 15 is 0 Å². The molecular weight excluding hydrogens is 191 g/mol. The first kappa shape index (κ1) is 8.91. The molecule has 0 atom stereocenters. The Morgan fingerprint density at radius 1 is 1.62 bits per heavy atom. The van der Waals surface area contributed by atoms with Crippen molar-refractivity contribution >= 4 is 11.6 Å². The van der Waals surface area contributed by atoms with E-state index in [4.69, 9.17) is 11.6 Å². The lowest BCUT2D eigenvalue weighted by Crippen LogP contribution is -2.57. The summed E-state index contributed by atoms with van der Waals surface area (Å²) in [7, 11) is 0.